The van der Waals surface area contributed by atoms with Gasteiger partial charge in [0.25, 0.3) is 0 Å². The molecule has 28 heavy (non-hydrogen) atoms. The van der Waals surface area contributed by atoms with Crippen LogP contribution in [0.2, 0.25) is 0 Å². The van der Waals surface area contributed by atoms with Crippen molar-refractivity contribution in [3.05, 3.63) is 48.7 Å². The van der Waals surface area contributed by atoms with Gasteiger partial charge in [0, 0.05) is 25.4 Å². The van der Waals surface area contributed by atoms with Gasteiger partial charge in [-0.15, -0.1) is 5.10 Å². The molecule has 4 aromatic rings. The molecule has 142 valence electrons. The van der Waals surface area contributed by atoms with Gasteiger partial charge >= 0.3 is 0 Å². The van der Waals surface area contributed by atoms with E-state index >= 15 is 0 Å². The molecule has 4 heterocycles. The Bertz CT molecular complexity index is 1130. The molecule has 5 rings (SSSR count). The van der Waals surface area contributed by atoms with E-state index in [9.17, 15) is 9.18 Å². The first kappa shape index (κ1) is 16.9. The maximum Gasteiger partial charge on any atom is 0.249 e. The van der Waals surface area contributed by atoms with Gasteiger partial charge in [-0.05, 0) is 30.7 Å². The molecule has 1 aliphatic heterocycles. The number of nitrogens with one attached hydrogen (secondary N) is 1. The van der Waals surface area contributed by atoms with E-state index in [1.165, 1.54) is 23.5 Å². The number of fused-ring (bicyclic) bond motifs is 1. The lowest BCUT2D eigenvalue weighted by atomic mass is 10.2. The number of aromatic nitrogens is 5. The molecular formula is C18H16FN7OS. The number of carbonyl (C=O) groups excluding carboxylic acids is 1. The summed E-state index contributed by atoms with van der Waals surface area (Å²) in [6.45, 7) is 0.638. The number of rotatable bonds is 4. The van der Waals surface area contributed by atoms with E-state index in [-0.39, 0.29) is 17.8 Å². The van der Waals surface area contributed by atoms with Crippen molar-refractivity contribution in [3.8, 4) is 11.3 Å². The summed E-state index contributed by atoms with van der Waals surface area (Å²) < 4.78 is 16.4. The van der Waals surface area contributed by atoms with Crippen LogP contribution in [-0.2, 0) is 11.8 Å². The lowest BCUT2D eigenvalue weighted by Crippen LogP contribution is -2.33. The Hall–Kier alpha value is -3.27. The highest BCUT2D eigenvalue weighted by atomic mass is 32.1. The van der Waals surface area contributed by atoms with Crippen molar-refractivity contribution in [2.45, 2.75) is 12.5 Å². The van der Waals surface area contributed by atoms with Crippen LogP contribution in [0.4, 0.5) is 15.2 Å². The lowest BCUT2D eigenvalue weighted by Gasteiger charge is -2.14. The van der Waals surface area contributed by atoms with Gasteiger partial charge in [-0.1, -0.05) is 11.3 Å². The molecule has 0 spiro atoms. The molecule has 0 radical (unpaired) electrons. The molecule has 10 heteroatoms. The average Bonchev–Trinajstić information content (AvgIpc) is 3.41. The van der Waals surface area contributed by atoms with Gasteiger partial charge < -0.3 is 10.2 Å². The highest BCUT2D eigenvalue weighted by molar-refractivity contribution is 7.20. The predicted octanol–water partition coefficient (Wildman–Crippen LogP) is 2.55. The zero-order valence-corrected chi connectivity index (χ0v) is 15.7. The van der Waals surface area contributed by atoms with Gasteiger partial charge in [0.2, 0.25) is 16.0 Å². The van der Waals surface area contributed by atoms with Crippen LogP contribution in [0.1, 0.15) is 6.42 Å². The molecule has 1 aliphatic rings. The second-order valence-corrected chi connectivity index (χ2v) is 7.57. The lowest BCUT2D eigenvalue weighted by molar-refractivity contribution is -0.117. The van der Waals surface area contributed by atoms with E-state index in [0.29, 0.717) is 23.1 Å². The van der Waals surface area contributed by atoms with Crippen LogP contribution in [0.3, 0.4) is 0 Å². The molecule has 8 nitrogen and oxygen atoms in total. The van der Waals surface area contributed by atoms with Gasteiger partial charge in [-0.2, -0.15) is 5.10 Å². The minimum Gasteiger partial charge on any atom is -0.348 e. The monoisotopic (exact) mass is 397 g/mol. The van der Waals surface area contributed by atoms with E-state index in [2.05, 4.69) is 20.5 Å². The van der Waals surface area contributed by atoms with Gasteiger partial charge in [-0.3, -0.25) is 9.48 Å². The molecule has 0 saturated carbocycles. The van der Waals surface area contributed by atoms with Crippen LogP contribution in [0, 0.1) is 5.82 Å². The third-order valence-electron chi connectivity index (χ3n) is 4.69. The maximum atomic E-state index is 13.1. The molecular weight excluding hydrogens is 381 g/mol. The maximum absolute atomic E-state index is 13.1. The predicted molar refractivity (Wildman–Crippen MR) is 104 cm³/mol. The Labute approximate surface area is 163 Å². The van der Waals surface area contributed by atoms with Crippen molar-refractivity contribution < 1.29 is 9.18 Å². The summed E-state index contributed by atoms with van der Waals surface area (Å²) in [5.41, 5.74) is 2.35. The minimum absolute atomic E-state index is 0.00726. The van der Waals surface area contributed by atoms with Crippen LogP contribution in [0.25, 0.3) is 16.2 Å². The average molecular weight is 397 g/mol. The first-order valence-electron chi connectivity index (χ1n) is 8.75. The van der Waals surface area contributed by atoms with E-state index in [1.54, 1.807) is 38.6 Å². The molecule has 1 saturated heterocycles. The molecule has 0 bridgehead atoms. The van der Waals surface area contributed by atoms with Crippen LogP contribution in [0.5, 0.6) is 0 Å². The Balaban J connectivity index is 1.32. The molecule has 1 fully saturated rings. The third-order valence-corrected chi connectivity index (χ3v) is 5.54. The van der Waals surface area contributed by atoms with Crippen molar-refractivity contribution in [3.63, 3.8) is 0 Å². The van der Waals surface area contributed by atoms with Gasteiger partial charge in [-0.25, -0.2) is 13.9 Å². The normalized spacial score (nSPS) is 17.0. The van der Waals surface area contributed by atoms with Crippen LogP contribution in [0.15, 0.2) is 42.9 Å². The van der Waals surface area contributed by atoms with Crippen molar-refractivity contribution in [1.82, 2.24) is 24.4 Å². The van der Waals surface area contributed by atoms with Crippen LogP contribution >= 0.6 is 11.3 Å². The zero-order chi connectivity index (χ0) is 19.3. The van der Waals surface area contributed by atoms with Crippen molar-refractivity contribution in [2.24, 2.45) is 7.05 Å². The number of hydrogen-bond donors (Lipinski definition) is 1. The number of imidazole rings is 1. The van der Waals surface area contributed by atoms with Gasteiger partial charge in [0.1, 0.15) is 11.9 Å². The molecule has 1 unspecified atom stereocenters. The number of aryl methyl sites for hydroxylation is 1. The first-order chi connectivity index (χ1) is 13.6. The second kappa shape index (κ2) is 6.41. The Morgan fingerprint density at radius 3 is 2.79 bits per heavy atom. The summed E-state index contributed by atoms with van der Waals surface area (Å²) in [5, 5.41) is 12.5. The number of benzene rings is 1. The first-order valence-corrected chi connectivity index (χ1v) is 9.57. The summed E-state index contributed by atoms with van der Waals surface area (Å²) in [6.07, 6.45) is 6.00. The smallest absolute Gasteiger partial charge is 0.249 e. The molecule has 0 aliphatic carbocycles. The van der Waals surface area contributed by atoms with Crippen LogP contribution < -0.4 is 10.2 Å². The standard InChI is InChI=1S/C18H16FN7OS/c1-24-9-13(8-20-24)25-7-6-14(16(25)27)21-17-23-26-10-15(22-18(26)28-17)11-2-4-12(19)5-3-11/h2-5,8-10,14H,6-7H2,1H3,(H,21,23). The number of nitrogens with zero attached hydrogens (tertiary/aromatic N) is 6. The summed E-state index contributed by atoms with van der Waals surface area (Å²) in [4.78, 5) is 19.7. The largest absolute Gasteiger partial charge is 0.348 e. The van der Waals surface area contributed by atoms with Crippen molar-refractivity contribution in [2.75, 3.05) is 16.8 Å². The van der Waals surface area contributed by atoms with Crippen molar-refractivity contribution in [1.29, 1.82) is 0 Å². The summed E-state index contributed by atoms with van der Waals surface area (Å²) >= 11 is 1.37. The fraction of sp³-hybridized carbons (Fsp3) is 0.222. The molecule has 1 aromatic carbocycles. The molecule has 1 atom stereocenters. The molecule has 3 aromatic heterocycles. The molecule has 1 amide bonds. The topological polar surface area (TPSA) is 80.4 Å². The van der Waals surface area contributed by atoms with E-state index < -0.39 is 0 Å². The highest BCUT2D eigenvalue weighted by Gasteiger charge is 2.33. The quantitative estimate of drug-likeness (QED) is 0.572. The molecule has 1 N–H and O–H groups in total. The SMILES string of the molecule is Cn1cc(N2CCC(Nc3nn4cc(-c5ccc(F)cc5)nc4s3)C2=O)cn1. The number of carbonyl (C=O) groups is 1. The summed E-state index contributed by atoms with van der Waals surface area (Å²) in [5.74, 6) is -0.274. The van der Waals surface area contributed by atoms with Crippen LogP contribution in [-0.4, -0.2) is 42.9 Å². The second-order valence-electron chi connectivity index (χ2n) is 6.62. The van der Waals surface area contributed by atoms with Gasteiger partial charge in [0.05, 0.1) is 23.8 Å². The third kappa shape index (κ3) is 2.91. The van der Waals surface area contributed by atoms with Gasteiger partial charge in [0.15, 0.2) is 0 Å². The Kier molecular flexibility index (Phi) is 3.86. The zero-order valence-electron chi connectivity index (χ0n) is 14.9. The fourth-order valence-electron chi connectivity index (χ4n) is 3.29. The highest BCUT2D eigenvalue weighted by Crippen LogP contribution is 2.27. The van der Waals surface area contributed by atoms with E-state index in [4.69, 9.17) is 0 Å². The summed E-state index contributed by atoms with van der Waals surface area (Å²) in [7, 11) is 1.82. The Morgan fingerprint density at radius 2 is 2.07 bits per heavy atom. The summed E-state index contributed by atoms with van der Waals surface area (Å²) in [6, 6.07) is 5.86. The number of amides is 1. The fourth-order valence-corrected chi connectivity index (χ4v) is 4.12. The number of hydrogen-bond acceptors (Lipinski definition) is 6. The van der Waals surface area contributed by atoms with Crippen molar-refractivity contribution >= 4 is 33.0 Å². The minimum atomic E-state index is -0.326. The van der Waals surface area contributed by atoms with E-state index in [0.717, 1.165) is 16.9 Å². The van der Waals surface area contributed by atoms with E-state index in [1.807, 2.05) is 13.2 Å². The number of anilines is 2. The number of halogens is 1. The Morgan fingerprint density at radius 1 is 1.25 bits per heavy atom.